The maximum absolute atomic E-state index is 12.9. The summed E-state index contributed by atoms with van der Waals surface area (Å²) in [6.45, 7) is 0.616. The van der Waals surface area contributed by atoms with Crippen LogP contribution < -0.4 is 10.6 Å². The molecule has 1 atom stereocenters. The highest BCUT2D eigenvalue weighted by Crippen LogP contribution is 2.33. The first-order valence-corrected chi connectivity index (χ1v) is 8.53. The van der Waals surface area contributed by atoms with E-state index < -0.39 is 0 Å². The van der Waals surface area contributed by atoms with Crippen LogP contribution in [0.5, 0.6) is 0 Å². The number of anilines is 1. The second-order valence-electron chi connectivity index (χ2n) is 6.47. The average Bonchev–Trinajstić information content (AvgIpc) is 2.62. The Labute approximate surface area is 141 Å². The van der Waals surface area contributed by atoms with Gasteiger partial charge in [-0.3, -0.25) is 9.59 Å². The number of rotatable bonds is 2. The summed E-state index contributed by atoms with van der Waals surface area (Å²) in [6, 6.07) is 13.7. The van der Waals surface area contributed by atoms with Crippen LogP contribution in [0.3, 0.4) is 0 Å². The van der Waals surface area contributed by atoms with E-state index in [-0.39, 0.29) is 17.7 Å². The molecule has 1 unspecified atom stereocenters. The molecule has 122 valence electrons. The van der Waals surface area contributed by atoms with Gasteiger partial charge in [0, 0.05) is 17.8 Å². The zero-order chi connectivity index (χ0) is 16.5. The lowest BCUT2D eigenvalue weighted by Crippen LogP contribution is -2.33. The molecular weight excluding hydrogens is 300 g/mol. The molecule has 4 heteroatoms. The van der Waals surface area contributed by atoms with Crippen LogP contribution in [-0.2, 0) is 17.6 Å². The molecule has 0 radical (unpaired) electrons. The molecule has 0 fully saturated rings. The number of hydrogen-bond acceptors (Lipinski definition) is 2. The molecule has 0 saturated carbocycles. The summed E-state index contributed by atoms with van der Waals surface area (Å²) in [5.74, 6) is -0.139. The van der Waals surface area contributed by atoms with E-state index in [1.165, 1.54) is 5.56 Å². The molecule has 1 aliphatic heterocycles. The van der Waals surface area contributed by atoms with Gasteiger partial charge >= 0.3 is 0 Å². The first-order valence-electron chi connectivity index (χ1n) is 8.53. The fourth-order valence-electron chi connectivity index (χ4n) is 3.83. The van der Waals surface area contributed by atoms with E-state index >= 15 is 0 Å². The Hall–Kier alpha value is -2.62. The minimum Gasteiger partial charge on any atom is -0.352 e. The number of nitrogens with one attached hydrogen (secondary N) is 2. The Morgan fingerprint density at radius 3 is 2.88 bits per heavy atom. The lowest BCUT2D eigenvalue weighted by atomic mass is 9.82. The number of amides is 2. The van der Waals surface area contributed by atoms with Crippen molar-refractivity contribution in [1.29, 1.82) is 0 Å². The van der Waals surface area contributed by atoms with E-state index in [1.807, 2.05) is 30.3 Å². The van der Waals surface area contributed by atoms with Crippen LogP contribution in [0, 0.1) is 0 Å². The van der Waals surface area contributed by atoms with Gasteiger partial charge in [0.2, 0.25) is 5.91 Å². The molecular formula is C20H20N2O2. The molecule has 2 amide bonds. The normalized spacial score (nSPS) is 19.0. The summed E-state index contributed by atoms with van der Waals surface area (Å²) >= 11 is 0. The van der Waals surface area contributed by atoms with Gasteiger partial charge in [-0.25, -0.2) is 0 Å². The molecule has 1 aliphatic carbocycles. The second-order valence-corrected chi connectivity index (χ2v) is 6.47. The summed E-state index contributed by atoms with van der Waals surface area (Å²) in [5, 5.41) is 5.93. The molecule has 2 aromatic rings. The number of fused-ring (bicyclic) bond motifs is 2. The highest BCUT2D eigenvalue weighted by Gasteiger charge is 2.27. The van der Waals surface area contributed by atoms with Gasteiger partial charge in [-0.15, -0.1) is 0 Å². The smallest absolute Gasteiger partial charge is 0.251 e. The molecule has 0 saturated heterocycles. The number of aryl methyl sites for hydroxylation is 1. The summed E-state index contributed by atoms with van der Waals surface area (Å²) in [4.78, 5) is 24.9. The summed E-state index contributed by atoms with van der Waals surface area (Å²) in [5.41, 5.74) is 4.80. The van der Waals surface area contributed by atoms with Gasteiger partial charge in [-0.1, -0.05) is 30.3 Å². The van der Waals surface area contributed by atoms with Gasteiger partial charge in [0.1, 0.15) is 0 Å². The van der Waals surface area contributed by atoms with E-state index in [2.05, 4.69) is 22.8 Å². The van der Waals surface area contributed by atoms with Gasteiger partial charge in [0.15, 0.2) is 0 Å². The summed E-state index contributed by atoms with van der Waals surface area (Å²) < 4.78 is 0. The largest absolute Gasteiger partial charge is 0.352 e. The van der Waals surface area contributed by atoms with Crippen molar-refractivity contribution in [3.8, 4) is 0 Å². The van der Waals surface area contributed by atoms with Crippen molar-refractivity contribution in [3.63, 3.8) is 0 Å². The van der Waals surface area contributed by atoms with Crippen molar-refractivity contribution in [1.82, 2.24) is 5.32 Å². The summed E-state index contributed by atoms with van der Waals surface area (Å²) in [7, 11) is 0. The Balaban J connectivity index is 1.62. The van der Waals surface area contributed by atoms with Gasteiger partial charge in [0.05, 0.1) is 5.92 Å². The van der Waals surface area contributed by atoms with E-state index in [4.69, 9.17) is 0 Å². The van der Waals surface area contributed by atoms with Crippen molar-refractivity contribution in [2.45, 2.75) is 31.6 Å². The molecule has 2 aromatic carbocycles. The van der Waals surface area contributed by atoms with Gasteiger partial charge in [0.25, 0.3) is 5.91 Å². The Kier molecular flexibility index (Phi) is 3.81. The van der Waals surface area contributed by atoms with Crippen molar-refractivity contribution >= 4 is 17.5 Å². The predicted octanol–water partition coefficient (Wildman–Crippen LogP) is 3.03. The molecule has 0 aromatic heterocycles. The topological polar surface area (TPSA) is 58.2 Å². The molecule has 4 rings (SSSR count). The molecule has 1 heterocycles. The van der Waals surface area contributed by atoms with Gasteiger partial charge < -0.3 is 10.6 Å². The summed E-state index contributed by atoms with van der Waals surface area (Å²) in [6.07, 6.45) is 3.70. The van der Waals surface area contributed by atoms with Crippen molar-refractivity contribution in [2.24, 2.45) is 0 Å². The maximum Gasteiger partial charge on any atom is 0.251 e. The average molecular weight is 320 g/mol. The Bertz CT molecular complexity index is 813. The van der Waals surface area contributed by atoms with Crippen LogP contribution in [-0.4, -0.2) is 18.4 Å². The molecule has 2 aliphatic rings. The highest BCUT2D eigenvalue weighted by atomic mass is 16.2. The standard InChI is InChI=1S/C20H20N2O2/c23-19-17-9-4-10-18(15(17)11-12-21-19)22-20(24)16-8-3-6-13-5-1-2-7-14(13)16/h1-2,4-5,7,9-10,16H,3,6,8,11-12H2,(H,21,23)(H,22,24). The first kappa shape index (κ1) is 14.9. The van der Waals surface area contributed by atoms with E-state index in [0.29, 0.717) is 12.1 Å². The van der Waals surface area contributed by atoms with Crippen molar-refractivity contribution in [3.05, 3.63) is 64.7 Å². The fourth-order valence-corrected chi connectivity index (χ4v) is 3.83. The van der Waals surface area contributed by atoms with Gasteiger partial charge in [-0.05, 0) is 54.5 Å². The first-order chi connectivity index (χ1) is 11.7. The predicted molar refractivity (Wildman–Crippen MR) is 93.2 cm³/mol. The third kappa shape index (κ3) is 2.58. The van der Waals surface area contributed by atoms with Crippen LogP contribution >= 0.6 is 0 Å². The third-order valence-corrected chi connectivity index (χ3v) is 5.02. The van der Waals surface area contributed by atoms with Crippen LogP contribution in [0.2, 0.25) is 0 Å². The Morgan fingerprint density at radius 1 is 1.08 bits per heavy atom. The second kappa shape index (κ2) is 6.11. The van der Waals surface area contributed by atoms with E-state index in [0.717, 1.165) is 42.5 Å². The van der Waals surface area contributed by atoms with Crippen LogP contribution in [0.1, 0.15) is 45.8 Å². The number of benzene rings is 2. The van der Waals surface area contributed by atoms with Gasteiger partial charge in [-0.2, -0.15) is 0 Å². The maximum atomic E-state index is 12.9. The lowest BCUT2D eigenvalue weighted by molar-refractivity contribution is -0.117. The van der Waals surface area contributed by atoms with Crippen LogP contribution in [0.25, 0.3) is 0 Å². The van der Waals surface area contributed by atoms with E-state index in [9.17, 15) is 9.59 Å². The molecule has 2 N–H and O–H groups in total. The number of hydrogen-bond donors (Lipinski definition) is 2. The molecule has 24 heavy (non-hydrogen) atoms. The molecule has 0 spiro atoms. The zero-order valence-corrected chi connectivity index (χ0v) is 13.5. The lowest BCUT2D eigenvalue weighted by Gasteiger charge is -2.26. The number of carbonyl (C=O) groups excluding carboxylic acids is 2. The number of carbonyl (C=O) groups is 2. The zero-order valence-electron chi connectivity index (χ0n) is 13.5. The Morgan fingerprint density at radius 2 is 1.96 bits per heavy atom. The quantitative estimate of drug-likeness (QED) is 0.893. The van der Waals surface area contributed by atoms with Crippen molar-refractivity contribution < 1.29 is 9.59 Å². The monoisotopic (exact) mass is 320 g/mol. The van der Waals surface area contributed by atoms with Crippen LogP contribution in [0.15, 0.2) is 42.5 Å². The van der Waals surface area contributed by atoms with Crippen LogP contribution in [0.4, 0.5) is 5.69 Å². The van der Waals surface area contributed by atoms with Crippen molar-refractivity contribution in [2.75, 3.05) is 11.9 Å². The minimum atomic E-state index is -0.108. The van der Waals surface area contributed by atoms with E-state index in [1.54, 1.807) is 0 Å². The minimum absolute atomic E-state index is 0.0292. The molecule has 4 nitrogen and oxygen atoms in total. The third-order valence-electron chi connectivity index (χ3n) is 5.02. The molecule has 0 bridgehead atoms. The highest BCUT2D eigenvalue weighted by molar-refractivity contribution is 6.01. The fraction of sp³-hybridized carbons (Fsp3) is 0.300. The SMILES string of the molecule is O=C1NCCc2c(NC(=O)C3CCCc4ccccc43)cccc21.